The molecule has 0 radical (unpaired) electrons. The van der Waals surface area contributed by atoms with Gasteiger partial charge in [-0.15, -0.1) is 0 Å². The number of anilines is 1. The molecule has 0 atom stereocenters. The molecule has 3 aromatic carbocycles. The molecule has 0 bridgehead atoms. The summed E-state index contributed by atoms with van der Waals surface area (Å²) in [6.45, 7) is 6.98. The third kappa shape index (κ3) is 6.15. The molecule has 204 valence electrons. The summed E-state index contributed by atoms with van der Waals surface area (Å²) in [4.78, 5) is 13.5. The molecule has 9 heteroatoms. The minimum Gasteiger partial charge on any atom is -0.496 e. The highest BCUT2D eigenvalue weighted by molar-refractivity contribution is 6.37. The highest BCUT2D eigenvalue weighted by Crippen LogP contribution is 2.33. The number of aryl methyl sites for hydroxylation is 1. The second kappa shape index (κ2) is 12.0. The molecule has 1 aromatic heterocycles. The average Bonchev–Trinajstić information content (AvgIpc) is 3.31. The Morgan fingerprint density at radius 1 is 1.10 bits per heavy atom. The van der Waals surface area contributed by atoms with Crippen molar-refractivity contribution in [2.24, 2.45) is 0 Å². The van der Waals surface area contributed by atoms with E-state index in [2.05, 4.69) is 18.9 Å². The van der Waals surface area contributed by atoms with Crippen LogP contribution >= 0.6 is 23.2 Å². The Morgan fingerprint density at radius 2 is 1.82 bits per heavy atom. The SMILES string of the molecule is COc1ccc(C(=O)O)cc1CN(C)c1ccc(OCc2c(C(C)C)cnn2-c2c(Cl)cccc2Cl)cc1C. The Labute approximate surface area is 238 Å². The molecule has 0 saturated heterocycles. The lowest BCUT2D eigenvalue weighted by atomic mass is 10.0. The van der Waals surface area contributed by atoms with Crippen molar-refractivity contribution in [3.05, 3.63) is 98.8 Å². The van der Waals surface area contributed by atoms with Crippen LogP contribution in [0.15, 0.2) is 60.8 Å². The van der Waals surface area contributed by atoms with Gasteiger partial charge in [0.1, 0.15) is 23.8 Å². The highest BCUT2D eigenvalue weighted by atomic mass is 35.5. The van der Waals surface area contributed by atoms with E-state index in [-0.39, 0.29) is 18.1 Å². The van der Waals surface area contributed by atoms with Gasteiger partial charge in [-0.3, -0.25) is 0 Å². The molecular weight excluding hydrogens is 537 g/mol. The number of halogens is 2. The van der Waals surface area contributed by atoms with Gasteiger partial charge in [-0.1, -0.05) is 43.1 Å². The van der Waals surface area contributed by atoms with Crippen molar-refractivity contribution < 1.29 is 19.4 Å². The first kappa shape index (κ1) is 28.3. The van der Waals surface area contributed by atoms with Gasteiger partial charge in [-0.05, 0) is 72.5 Å². The van der Waals surface area contributed by atoms with Crippen LogP contribution in [0.1, 0.15) is 52.5 Å². The lowest BCUT2D eigenvalue weighted by Gasteiger charge is -2.23. The molecule has 0 amide bonds. The van der Waals surface area contributed by atoms with Crippen LogP contribution in [0.4, 0.5) is 5.69 Å². The minimum atomic E-state index is -0.974. The number of hydrogen-bond acceptors (Lipinski definition) is 5. The number of methoxy groups -OCH3 is 1. The van der Waals surface area contributed by atoms with Gasteiger partial charge < -0.3 is 19.5 Å². The molecule has 0 aliphatic heterocycles. The van der Waals surface area contributed by atoms with Crippen LogP contribution in [0.2, 0.25) is 10.0 Å². The first-order valence-corrected chi connectivity index (χ1v) is 13.2. The first-order valence-electron chi connectivity index (χ1n) is 12.5. The zero-order valence-corrected chi connectivity index (χ0v) is 24.0. The minimum absolute atomic E-state index is 0.220. The van der Waals surface area contributed by atoms with Crippen LogP contribution in [0.25, 0.3) is 5.69 Å². The molecule has 0 aliphatic carbocycles. The van der Waals surface area contributed by atoms with Crippen LogP contribution in [0, 0.1) is 6.92 Å². The van der Waals surface area contributed by atoms with Crippen molar-refractivity contribution >= 4 is 34.9 Å². The lowest BCUT2D eigenvalue weighted by molar-refractivity contribution is 0.0696. The molecule has 4 rings (SSSR count). The number of carboxylic acid groups (broad SMARTS) is 1. The smallest absolute Gasteiger partial charge is 0.335 e. The van der Waals surface area contributed by atoms with E-state index < -0.39 is 5.97 Å². The Hall–Kier alpha value is -3.68. The number of benzene rings is 3. The third-order valence-corrected chi connectivity index (χ3v) is 7.17. The van der Waals surface area contributed by atoms with Crippen molar-refractivity contribution in [1.82, 2.24) is 9.78 Å². The quantitative estimate of drug-likeness (QED) is 0.213. The second-order valence-electron chi connectivity index (χ2n) is 9.61. The van der Waals surface area contributed by atoms with E-state index >= 15 is 0 Å². The molecule has 0 unspecified atom stereocenters. The van der Waals surface area contributed by atoms with Gasteiger partial charge in [0.25, 0.3) is 0 Å². The fraction of sp³-hybridized carbons (Fsp3) is 0.267. The number of carbonyl (C=O) groups is 1. The zero-order valence-electron chi connectivity index (χ0n) is 22.5. The van der Waals surface area contributed by atoms with E-state index in [1.807, 2.05) is 43.3 Å². The van der Waals surface area contributed by atoms with Crippen molar-refractivity contribution in [3.8, 4) is 17.2 Å². The third-order valence-electron chi connectivity index (χ3n) is 6.56. The number of aromatic carboxylic acids is 1. The first-order chi connectivity index (χ1) is 18.6. The van der Waals surface area contributed by atoms with Crippen LogP contribution in [0.5, 0.6) is 11.5 Å². The molecule has 0 spiro atoms. The van der Waals surface area contributed by atoms with E-state index in [1.165, 1.54) is 0 Å². The Morgan fingerprint density at radius 3 is 2.44 bits per heavy atom. The molecule has 7 nitrogen and oxygen atoms in total. The molecule has 0 fully saturated rings. The number of hydrogen-bond donors (Lipinski definition) is 1. The molecule has 39 heavy (non-hydrogen) atoms. The summed E-state index contributed by atoms with van der Waals surface area (Å²) in [6, 6.07) is 16.1. The van der Waals surface area contributed by atoms with E-state index in [4.69, 9.17) is 32.7 Å². The Kier molecular flexibility index (Phi) is 8.73. The maximum absolute atomic E-state index is 11.5. The topological polar surface area (TPSA) is 76.8 Å². The monoisotopic (exact) mass is 567 g/mol. The molecule has 1 heterocycles. The molecule has 4 aromatic rings. The number of ether oxygens (including phenoxy) is 2. The largest absolute Gasteiger partial charge is 0.496 e. The van der Waals surface area contributed by atoms with Crippen LogP contribution < -0.4 is 14.4 Å². The fourth-order valence-corrected chi connectivity index (χ4v) is 5.13. The maximum Gasteiger partial charge on any atom is 0.335 e. The fourth-order valence-electron chi connectivity index (χ4n) is 4.57. The number of nitrogens with zero attached hydrogens (tertiary/aromatic N) is 3. The standard InChI is InChI=1S/C30H31Cl2N3O4/c1-18(2)23-15-33-35(29-24(31)7-6-8-25(29)32)27(23)17-39-22-10-11-26(19(3)13-22)34(4)16-21-14-20(30(36)37)9-12-28(21)38-5/h6-15,18H,16-17H2,1-5H3,(H,36,37). The van der Waals surface area contributed by atoms with Crippen molar-refractivity contribution in [3.63, 3.8) is 0 Å². The second-order valence-corrected chi connectivity index (χ2v) is 10.4. The normalized spacial score (nSPS) is 11.1. The van der Waals surface area contributed by atoms with Gasteiger partial charge in [-0.25, -0.2) is 9.48 Å². The van der Waals surface area contributed by atoms with Gasteiger partial charge in [-0.2, -0.15) is 5.10 Å². The van der Waals surface area contributed by atoms with E-state index in [0.717, 1.165) is 28.1 Å². The number of carboxylic acids is 1. The summed E-state index contributed by atoms with van der Waals surface area (Å²) < 4.78 is 13.5. The summed E-state index contributed by atoms with van der Waals surface area (Å²) in [5, 5.41) is 15.0. The van der Waals surface area contributed by atoms with Gasteiger partial charge in [0.05, 0.1) is 34.6 Å². The van der Waals surface area contributed by atoms with E-state index in [1.54, 1.807) is 48.2 Å². The summed E-state index contributed by atoms with van der Waals surface area (Å²) in [5.74, 6) is 0.606. The summed E-state index contributed by atoms with van der Waals surface area (Å²) >= 11 is 13.0. The summed E-state index contributed by atoms with van der Waals surface area (Å²) in [5.41, 5.74) is 5.56. The van der Waals surface area contributed by atoms with Gasteiger partial charge >= 0.3 is 5.97 Å². The van der Waals surface area contributed by atoms with Crippen molar-refractivity contribution in [1.29, 1.82) is 0 Å². The predicted octanol–water partition coefficient (Wildman–Crippen LogP) is 7.53. The van der Waals surface area contributed by atoms with Crippen LogP contribution in [-0.4, -0.2) is 35.0 Å². The number of rotatable bonds is 10. The van der Waals surface area contributed by atoms with Crippen LogP contribution in [0.3, 0.4) is 0 Å². The molecular formula is C30H31Cl2N3O4. The Bertz CT molecular complexity index is 1480. The summed E-state index contributed by atoms with van der Waals surface area (Å²) in [7, 11) is 3.53. The van der Waals surface area contributed by atoms with Crippen molar-refractivity contribution in [2.45, 2.75) is 39.8 Å². The van der Waals surface area contributed by atoms with Gasteiger partial charge in [0.2, 0.25) is 0 Å². The van der Waals surface area contributed by atoms with E-state index in [9.17, 15) is 9.90 Å². The Balaban J connectivity index is 1.56. The van der Waals surface area contributed by atoms with Gasteiger partial charge in [0, 0.05) is 24.8 Å². The average molecular weight is 569 g/mol. The van der Waals surface area contributed by atoms with Crippen LogP contribution in [-0.2, 0) is 13.2 Å². The number of para-hydroxylation sites is 1. The molecule has 1 N–H and O–H groups in total. The van der Waals surface area contributed by atoms with E-state index in [0.29, 0.717) is 33.8 Å². The number of aromatic nitrogens is 2. The summed E-state index contributed by atoms with van der Waals surface area (Å²) in [6.07, 6.45) is 1.83. The zero-order chi connectivity index (χ0) is 28.3. The van der Waals surface area contributed by atoms with Crippen molar-refractivity contribution in [2.75, 3.05) is 19.1 Å². The molecule has 0 aliphatic rings. The highest BCUT2D eigenvalue weighted by Gasteiger charge is 2.20. The predicted molar refractivity (Wildman–Crippen MR) is 155 cm³/mol. The molecule has 0 saturated carbocycles. The van der Waals surface area contributed by atoms with Gasteiger partial charge in [0.15, 0.2) is 0 Å². The maximum atomic E-state index is 11.5. The lowest BCUT2D eigenvalue weighted by Crippen LogP contribution is -2.18.